The lowest BCUT2D eigenvalue weighted by Gasteiger charge is -2.36. The lowest BCUT2D eigenvalue weighted by atomic mass is 9.99. The molecule has 4 heteroatoms. The van der Waals surface area contributed by atoms with Gasteiger partial charge < -0.3 is 9.64 Å². The van der Waals surface area contributed by atoms with E-state index < -0.39 is 0 Å². The molecule has 3 rings (SSSR count). The number of piperazine rings is 1. The third kappa shape index (κ3) is 3.27. The summed E-state index contributed by atoms with van der Waals surface area (Å²) in [5.41, 5.74) is 2.54. The Balaban J connectivity index is 1.58. The Kier molecular flexibility index (Phi) is 4.27. The van der Waals surface area contributed by atoms with E-state index in [1.54, 1.807) is 0 Å². The molecule has 114 valence electrons. The SMILES string of the molecule is CN1CCN(C)C(C(=O)CCc2ccc3c(c2)CCO3)C1. The van der Waals surface area contributed by atoms with Gasteiger partial charge in [0.1, 0.15) is 5.75 Å². The number of likely N-dealkylation sites (N-methyl/N-ethyl adjacent to an activating group) is 2. The first kappa shape index (κ1) is 14.5. The van der Waals surface area contributed by atoms with Crippen molar-refractivity contribution >= 4 is 5.78 Å². The molecule has 1 saturated heterocycles. The van der Waals surface area contributed by atoms with Crippen molar-refractivity contribution < 1.29 is 9.53 Å². The van der Waals surface area contributed by atoms with E-state index in [-0.39, 0.29) is 6.04 Å². The van der Waals surface area contributed by atoms with Gasteiger partial charge in [-0.15, -0.1) is 0 Å². The van der Waals surface area contributed by atoms with Gasteiger partial charge in [-0.25, -0.2) is 0 Å². The Morgan fingerprint density at radius 2 is 2.19 bits per heavy atom. The first-order chi connectivity index (χ1) is 10.1. The highest BCUT2D eigenvalue weighted by atomic mass is 16.5. The summed E-state index contributed by atoms with van der Waals surface area (Å²) < 4.78 is 5.52. The van der Waals surface area contributed by atoms with Crippen LogP contribution in [0.1, 0.15) is 17.5 Å². The Morgan fingerprint density at radius 3 is 3.05 bits per heavy atom. The second-order valence-electron chi connectivity index (χ2n) is 6.27. The largest absolute Gasteiger partial charge is 0.493 e. The molecule has 1 aromatic carbocycles. The minimum Gasteiger partial charge on any atom is -0.493 e. The van der Waals surface area contributed by atoms with Crippen LogP contribution in [0.2, 0.25) is 0 Å². The molecule has 0 aromatic heterocycles. The first-order valence-electron chi connectivity index (χ1n) is 7.79. The van der Waals surface area contributed by atoms with E-state index in [9.17, 15) is 4.79 Å². The number of benzene rings is 1. The standard InChI is InChI=1S/C17H24N2O2/c1-18-8-9-19(2)15(12-18)16(20)5-3-13-4-6-17-14(11-13)7-10-21-17/h4,6,11,15H,3,5,7-10,12H2,1-2H3. The van der Waals surface area contributed by atoms with Crippen molar-refractivity contribution in [3.8, 4) is 5.75 Å². The second-order valence-corrected chi connectivity index (χ2v) is 6.27. The topological polar surface area (TPSA) is 32.8 Å². The highest BCUT2D eigenvalue weighted by molar-refractivity contribution is 5.84. The van der Waals surface area contributed by atoms with Crippen molar-refractivity contribution in [3.05, 3.63) is 29.3 Å². The molecule has 2 heterocycles. The molecule has 0 N–H and O–H groups in total. The summed E-state index contributed by atoms with van der Waals surface area (Å²) in [6.07, 6.45) is 2.45. The van der Waals surface area contributed by atoms with Gasteiger partial charge in [0.25, 0.3) is 0 Å². The van der Waals surface area contributed by atoms with Crippen LogP contribution in [-0.4, -0.2) is 62.0 Å². The summed E-state index contributed by atoms with van der Waals surface area (Å²) >= 11 is 0. The Morgan fingerprint density at radius 1 is 1.33 bits per heavy atom. The normalized spacial score (nSPS) is 22.9. The Bertz CT molecular complexity index is 530. The van der Waals surface area contributed by atoms with Crippen molar-refractivity contribution in [2.75, 3.05) is 40.3 Å². The smallest absolute Gasteiger partial charge is 0.151 e. The van der Waals surface area contributed by atoms with Crippen LogP contribution < -0.4 is 4.74 Å². The maximum Gasteiger partial charge on any atom is 0.151 e. The van der Waals surface area contributed by atoms with Crippen LogP contribution in [0.3, 0.4) is 0 Å². The molecular weight excluding hydrogens is 264 g/mol. The van der Waals surface area contributed by atoms with Crippen LogP contribution in [0.15, 0.2) is 18.2 Å². The van der Waals surface area contributed by atoms with Gasteiger partial charge in [0.15, 0.2) is 5.78 Å². The number of ether oxygens (including phenoxy) is 1. The van der Waals surface area contributed by atoms with Crippen LogP contribution in [0, 0.1) is 0 Å². The van der Waals surface area contributed by atoms with Crippen LogP contribution >= 0.6 is 0 Å². The van der Waals surface area contributed by atoms with Crippen molar-refractivity contribution in [3.63, 3.8) is 0 Å². The molecule has 0 spiro atoms. The number of carbonyl (C=O) groups is 1. The zero-order valence-corrected chi connectivity index (χ0v) is 13.0. The lowest BCUT2D eigenvalue weighted by Crippen LogP contribution is -2.53. The fourth-order valence-corrected chi connectivity index (χ4v) is 3.19. The molecule has 1 unspecified atom stereocenters. The third-order valence-electron chi connectivity index (χ3n) is 4.64. The molecule has 0 bridgehead atoms. The molecule has 2 aliphatic rings. The Labute approximate surface area is 126 Å². The molecule has 1 aromatic rings. The minimum atomic E-state index is 0.0570. The molecule has 0 aliphatic carbocycles. The highest BCUT2D eigenvalue weighted by Gasteiger charge is 2.27. The average molecular weight is 288 g/mol. The van der Waals surface area contributed by atoms with Gasteiger partial charge in [-0.1, -0.05) is 12.1 Å². The monoisotopic (exact) mass is 288 g/mol. The predicted molar refractivity (Wildman–Crippen MR) is 82.9 cm³/mol. The Hall–Kier alpha value is -1.39. The summed E-state index contributed by atoms with van der Waals surface area (Å²) in [6, 6.07) is 6.39. The molecule has 1 atom stereocenters. The van der Waals surface area contributed by atoms with E-state index in [2.05, 4.69) is 36.0 Å². The summed E-state index contributed by atoms with van der Waals surface area (Å²) in [7, 11) is 4.15. The van der Waals surface area contributed by atoms with Crippen molar-refractivity contribution in [2.45, 2.75) is 25.3 Å². The molecule has 0 radical (unpaired) electrons. The predicted octanol–water partition coefficient (Wildman–Crippen LogP) is 1.37. The maximum absolute atomic E-state index is 12.5. The van der Waals surface area contributed by atoms with Gasteiger partial charge in [0.05, 0.1) is 12.6 Å². The zero-order chi connectivity index (χ0) is 14.8. The average Bonchev–Trinajstić information content (AvgIpc) is 2.94. The summed E-state index contributed by atoms with van der Waals surface area (Å²) in [5, 5.41) is 0. The van der Waals surface area contributed by atoms with Crippen LogP contribution in [-0.2, 0) is 17.6 Å². The molecular formula is C17H24N2O2. The minimum absolute atomic E-state index is 0.0570. The van der Waals surface area contributed by atoms with E-state index in [0.29, 0.717) is 12.2 Å². The number of rotatable bonds is 4. The first-order valence-corrected chi connectivity index (χ1v) is 7.79. The summed E-state index contributed by atoms with van der Waals surface area (Å²) in [6.45, 7) is 3.67. The number of nitrogens with zero attached hydrogens (tertiary/aromatic N) is 2. The van der Waals surface area contributed by atoms with E-state index in [4.69, 9.17) is 4.74 Å². The lowest BCUT2D eigenvalue weighted by molar-refractivity contribution is -0.125. The van der Waals surface area contributed by atoms with Gasteiger partial charge in [0.2, 0.25) is 0 Å². The summed E-state index contributed by atoms with van der Waals surface area (Å²) in [5.74, 6) is 1.37. The molecule has 0 amide bonds. The van der Waals surface area contributed by atoms with Crippen molar-refractivity contribution in [2.24, 2.45) is 0 Å². The fourth-order valence-electron chi connectivity index (χ4n) is 3.19. The van der Waals surface area contributed by atoms with Gasteiger partial charge in [0, 0.05) is 32.5 Å². The van der Waals surface area contributed by atoms with E-state index >= 15 is 0 Å². The fraction of sp³-hybridized carbons (Fsp3) is 0.588. The quantitative estimate of drug-likeness (QED) is 0.838. The number of carbonyl (C=O) groups excluding carboxylic acids is 1. The number of Topliss-reactive ketones (excluding diaryl/α,β-unsaturated/α-hetero) is 1. The molecule has 2 aliphatic heterocycles. The maximum atomic E-state index is 12.5. The van der Waals surface area contributed by atoms with Crippen molar-refractivity contribution in [1.29, 1.82) is 0 Å². The molecule has 1 fully saturated rings. The highest BCUT2D eigenvalue weighted by Crippen LogP contribution is 2.26. The van der Waals surface area contributed by atoms with Crippen molar-refractivity contribution in [1.82, 2.24) is 9.80 Å². The second kappa shape index (κ2) is 6.16. The van der Waals surface area contributed by atoms with E-state index in [0.717, 1.165) is 44.8 Å². The number of hydrogen-bond donors (Lipinski definition) is 0. The third-order valence-corrected chi connectivity index (χ3v) is 4.64. The van der Waals surface area contributed by atoms with E-state index in [1.807, 2.05) is 6.07 Å². The number of aryl methyl sites for hydroxylation is 1. The van der Waals surface area contributed by atoms with Crippen LogP contribution in [0.5, 0.6) is 5.75 Å². The number of hydrogen-bond acceptors (Lipinski definition) is 4. The summed E-state index contributed by atoms with van der Waals surface area (Å²) in [4.78, 5) is 16.9. The molecule has 21 heavy (non-hydrogen) atoms. The van der Waals surface area contributed by atoms with Crippen LogP contribution in [0.25, 0.3) is 0 Å². The van der Waals surface area contributed by atoms with Gasteiger partial charge in [-0.05, 0) is 37.7 Å². The molecule has 0 saturated carbocycles. The number of fused-ring (bicyclic) bond motifs is 1. The number of ketones is 1. The zero-order valence-electron chi connectivity index (χ0n) is 13.0. The van der Waals surface area contributed by atoms with Gasteiger partial charge >= 0.3 is 0 Å². The van der Waals surface area contributed by atoms with Crippen LogP contribution in [0.4, 0.5) is 0 Å². The van der Waals surface area contributed by atoms with E-state index in [1.165, 1.54) is 11.1 Å². The van der Waals surface area contributed by atoms with Gasteiger partial charge in [-0.2, -0.15) is 0 Å². The van der Waals surface area contributed by atoms with Gasteiger partial charge in [-0.3, -0.25) is 9.69 Å². The molecule has 4 nitrogen and oxygen atoms in total.